The first-order valence-electron chi connectivity index (χ1n) is 5.08. The second kappa shape index (κ2) is 3.51. The third-order valence-corrected chi connectivity index (χ3v) is 2.64. The van der Waals surface area contributed by atoms with Crippen LogP contribution in [0.5, 0.6) is 0 Å². The fourth-order valence-electron chi connectivity index (χ4n) is 1.55. The molecular formula is C12H17N. The van der Waals surface area contributed by atoms with Crippen LogP contribution in [-0.4, -0.2) is 6.04 Å². The summed E-state index contributed by atoms with van der Waals surface area (Å²) in [7, 11) is 0. The Balaban J connectivity index is 2.01. The summed E-state index contributed by atoms with van der Waals surface area (Å²) in [6.45, 7) is 4.37. The van der Waals surface area contributed by atoms with Crippen molar-refractivity contribution in [3.05, 3.63) is 35.4 Å². The molecule has 1 aliphatic rings. The third kappa shape index (κ3) is 2.31. The van der Waals surface area contributed by atoms with Crippen LogP contribution in [0.3, 0.4) is 0 Å². The van der Waals surface area contributed by atoms with Gasteiger partial charge < -0.3 is 5.32 Å². The molecule has 1 saturated carbocycles. The lowest BCUT2D eigenvalue weighted by atomic mass is 10.1. The van der Waals surface area contributed by atoms with Gasteiger partial charge in [0.15, 0.2) is 0 Å². The van der Waals surface area contributed by atoms with Gasteiger partial charge in [0.2, 0.25) is 0 Å². The summed E-state index contributed by atoms with van der Waals surface area (Å²) >= 11 is 0. The van der Waals surface area contributed by atoms with Crippen LogP contribution in [0.2, 0.25) is 0 Å². The van der Waals surface area contributed by atoms with Crippen LogP contribution < -0.4 is 5.32 Å². The number of aryl methyl sites for hydroxylation is 1. The van der Waals surface area contributed by atoms with E-state index in [1.807, 2.05) is 0 Å². The molecule has 0 saturated heterocycles. The van der Waals surface area contributed by atoms with E-state index in [9.17, 15) is 0 Å². The Morgan fingerprint density at radius 1 is 1.23 bits per heavy atom. The predicted molar refractivity (Wildman–Crippen MR) is 55.8 cm³/mol. The summed E-state index contributed by atoms with van der Waals surface area (Å²) < 4.78 is 0. The minimum atomic E-state index is 0.507. The SMILES string of the molecule is Cc1ccc([C@H](C)NC2CC2)cc1. The van der Waals surface area contributed by atoms with Gasteiger partial charge in [-0.15, -0.1) is 0 Å². The lowest BCUT2D eigenvalue weighted by Crippen LogP contribution is -2.20. The molecule has 1 N–H and O–H groups in total. The van der Waals surface area contributed by atoms with E-state index in [4.69, 9.17) is 0 Å². The number of hydrogen-bond acceptors (Lipinski definition) is 1. The number of nitrogens with one attached hydrogen (secondary N) is 1. The Morgan fingerprint density at radius 2 is 1.85 bits per heavy atom. The number of benzene rings is 1. The van der Waals surface area contributed by atoms with Crippen LogP contribution in [0.1, 0.15) is 36.9 Å². The summed E-state index contributed by atoms with van der Waals surface area (Å²) in [5.41, 5.74) is 2.74. The Morgan fingerprint density at radius 3 is 2.38 bits per heavy atom. The second-order valence-electron chi connectivity index (χ2n) is 4.07. The zero-order chi connectivity index (χ0) is 9.26. The third-order valence-electron chi connectivity index (χ3n) is 2.64. The summed E-state index contributed by atoms with van der Waals surface area (Å²) in [6.07, 6.45) is 2.71. The highest BCUT2D eigenvalue weighted by Crippen LogP contribution is 2.23. The summed E-state index contributed by atoms with van der Waals surface area (Å²) in [5.74, 6) is 0. The van der Waals surface area contributed by atoms with Gasteiger partial charge >= 0.3 is 0 Å². The largest absolute Gasteiger partial charge is 0.307 e. The maximum Gasteiger partial charge on any atom is 0.0294 e. The molecule has 1 aromatic rings. The van der Waals surface area contributed by atoms with Crippen LogP contribution in [0.15, 0.2) is 24.3 Å². The number of rotatable bonds is 3. The van der Waals surface area contributed by atoms with E-state index in [2.05, 4.69) is 43.4 Å². The molecule has 0 amide bonds. The van der Waals surface area contributed by atoms with Crippen molar-refractivity contribution in [2.45, 2.75) is 38.8 Å². The molecule has 1 heteroatoms. The van der Waals surface area contributed by atoms with Crippen molar-refractivity contribution in [3.63, 3.8) is 0 Å². The first-order valence-corrected chi connectivity index (χ1v) is 5.08. The highest BCUT2D eigenvalue weighted by atomic mass is 15.0. The van der Waals surface area contributed by atoms with Crippen LogP contribution in [-0.2, 0) is 0 Å². The Kier molecular flexibility index (Phi) is 2.36. The second-order valence-corrected chi connectivity index (χ2v) is 4.07. The predicted octanol–water partition coefficient (Wildman–Crippen LogP) is 2.81. The minimum absolute atomic E-state index is 0.507. The molecule has 1 nitrogen and oxygen atoms in total. The topological polar surface area (TPSA) is 12.0 Å². The molecule has 1 aromatic carbocycles. The van der Waals surface area contributed by atoms with Gasteiger partial charge in [-0.1, -0.05) is 29.8 Å². The van der Waals surface area contributed by atoms with E-state index in [0.29, 0.717) is 6.04 Å². The molecule has 0 unspecified atom stereocenters. The first kappa shape index (κ1) is 8.76. The summed E-state index contributed by atoms with van der Waals surface area (Å²) in [4.78, 5) is 0. The van der Waals surface area contributed by atoms with E-state index >= 15 is 0 Å². The van der Waals surface area contributed by atoms with Gasteiger partial charge in [-0.25, -0.2) is 0 Å². The molecule has 1 fully saturated rings. The Bertz CT molecular complexity index is 272. The minimum Gasteiger partial charge on any atom is -0.307 e. The van der Waals surface area contributed by atoms with Crippen molar-refractivity contribution in [3.8, 4) is 0 Å². The van der Waals surface area contributed by atoms with Gasteiger partial charge in [0.1, 0.15) is 0 Å². The van der Waals surface area contributed by atoms with Crippen LogP contribution in [0, 0.1) is 6.92 Å². The van der Waals surface area contributed by atoms with Gasteiger partial charge in [-0.05, 0) is 32.3 Å². The molecule has 2 rings (SSSR count). The maximum atomic E-state index is 3.59. The fourth-order valence-corrected chi connectivity index (χ4v) is 1.55. The first-order chi connectivity index (χ1) is 6.25. The van der Waals surface area contributed by atoms with Crippen molar-refractivity contribution in [2.24, 2.45) is 0 Å². The van der Waals surface area contributed by atoms with E-state index < -0.39 is 0 Å². The van der Waals surface area contributed by atoms with Gasteiger partial charge in [-0.2, -0.15) is 0 Å². The van der Waals surface area contributed by atoms with E-state index in [1.165, 1.54) is 24.0 Å². The molecule has 0 bridgehead atoms. The lowest BCUT2D eigenvalue weighted by molar-refractivity contribution is 0.571. The molecule has 70 valence electrons. The molecule has 0 radical (unpaired) electrons. The van der Waals surface area contributed by atoms with E-state index in [1.54, 1.807) is 0 Å². The highest BCUT2D eigenvalue weighted by Gasteiger charge is 2.22. The van der Waals surface area contributed by atoms with Crippen molar-refractivity contribution >= 4 is 0 Å². The molecule has 0 aliphatic heterocycles. The molecule has 0 spiro atoms. The number of hydrogen-bond donors (Lipinski definition) is 1. The zero-order valence-electron chi connectivity index (χ0n) is 8.38. The van der Waals surface area contributed by atoms with Gasteiger partial charge in [0, 0.05) is 12.1 Å². The molecule has 1 atom stereocenters. The molecule has 1 aliphatic carbocycles. The monoisotopic (exact) mass is 175 g/mol. The normalized spacial score (nSPS) is 18.6. The standard InChI is InChI=1S/C12H17N/c1-9-3-5-11(6-4-9)10(2)13-12-7-8-12/h3-6,10,12-13H,7-8H2,1-2H3/t10-/m0/s1. The van der Waals surface area contributed by atoms with E-state index in [0.717, 1.165) is 6.04 Å². The molecule has 0 aromatic heterocycles. The van der Waals surface area contributed by atoms with Gasteiger partial charge in [0.25, 0.3) is 0 Å². The lowest BCUT2D eigenvalue weighted by Gasteiger charge is -2.13. The molecule has 0 heterocycles. The Hall–Kier alpha value is -0.820. The molecular weight excluding hydrogens is 158 g/mol. The van der Waals surface area contributed by atoms with E-state index in [-0.39, 0.29) is 0 Å². The highest BCUT2D eigenvalue weighted by molar-refractivity contribution is 5.23. The average Bonchev–Trinajstić information content (AvgIpc) is 2.89. The van der Waals surface area contributed by atoms with Crippen LogP contribution in [0.4, 0.5) is 0 Å². The quantitative estimate of drug-likeness (QED) is 0.745. The van der Waals surface area contributed by atoms with Gasteiger partial charge in [0.05, 0.1) is 0 Å². The summed E-state index contributed by atoms with van der Waals surface area (Å²) in [6, 6.07) is 10.1. The zero-order valence-corrected chi connectivity index (χ0v) is 8.38. The smallest absolute Gasteiger partial charge is 0.0294 e. The van der Waals surface area contributed by atoms with Crippen molar-refractivity contribution in [1.29, 1.82) is 0 Å². The van der Waals surface area contributed by atoms with Crippen molar-refractivity contribution < 1.29 is 0 Å². The van der Waals surface area contributed by atoms with Crippen LogP contribution in [0.25, 0.3) is 0 Å². The van der Waals surface area contributed by atoms with Gasteiger partial charge in [-0.3, -0.25) is 0 Å². The van der Waals surface area contributed by atoms with Crippen molar-refractivity contribution in [1.82, 2.24) is 5.32 Å². The van der Waals surface area contributed by atoms with Crippen LogP contribution >= 0.6 is 0 Å². The van der Waals surface area contributed by atoms with Crippen molar-refractivity contribution in [2.75, 3.05) is 0 Å². The maximum absolute atomic E-state index is 3.59. The fraction of sp³-hybridized carbons (Fsp3) is 0.500. The molecule has 13 heavy (non-hydrogen) atoms. The Labute approximate surface area is 80.2 Å². The summed E-state index contributed by atoms with van der Waals surface area (Å²) in [5, 5.41) is 3.59. The average molecular weight is 175 g/mol.